The van der Waals surface area contributed by atoms with Gasteiger partial charge in [-0.05, 0) is 37.5 Å². The van der Waals surface area contributed by atoms with E-state index in [0.29, 0.717) is 6.61 Å². The van der Waals surface area contributed by atoms with Gasteiger partial charge in [-0.2, -0.15) is 0 Å². The zero-order chi connectivity index (χ0) is 17.2. The van der Waals surface area contributed by atoms with Crippen LogP contribution in [0.15, 0.2) is 48.1 Å². The summed E-state index contributed by atoms with van der Waals surface area (Å²) in [7, 11) is 1.53. The minimum atomic E-state index is 0.648. The van der Waals surface area contributed by atoms with Crippen LogP contribution in [0.2, 0.25) is 0 Å². The summed E-state index contributed by atoms with van der Waals surface area (Å²) in [6.45, 7) is 9.84. The number of allylic oxidation sites excluding steroid dienone is 1. The van der Waals surface area contributed by atoms with Crippen molar-refractivity contribution in [1.82, 2.24) is 0 Å². The first-order chi connectivity index (χ1) is 11.4. The van der Waals surface area contributed by atoms with Gasteiger partial charge in [0.25, 0.3) is 0 Å². The fourth-order valence-corrected chi connectivity index (χ4v) is 1.77. The first-order valence-electron chi connectivity index (χ1n) is 8.35. The van der Waals surface area contributed by atoms with Gasteiger partial charge in [0.05, 0.1) is 18.9 Å². The number of benzene rings is 1. The number of nitrogens with zero attached hydrogens (tertiary/aromatic N) is 1. The Bertz CT molecular complexity index is 404. The van der Waals surface area contributed by atoms with Crippen LogP contribution >= 0.6 is 0 Å². The Kier molecular flexibility index (Phi) is 15.3. The van der Waals surface area contributed by atoms with Crippen LogP contribution in [0.1, 0.15) is 39.5 Å². The summed E-state index contributed by atoms with van der Waals surface area (Å²) in [6, 6.07) is 9.89. The molecule has 0 aliphatic rings. The topological polar surface area (TPSA) is 40.0 Å². The van der Waals surface area contributed by atoms with Gasteiger partial charge in [-0.1, -0.05) is 43.8 Å². The van der Waals surface area contributed by atoms with Crippen LogP contribution in [0, 0.1) is 0 Å². The molecule has 1 aromatic carbocycles. The predicted molar refractivity (Wildman–Crippen MR) is 97.2 cm³/mol. The molecule has 0 heterocycles. The fourth-order valence-electron chi connectivity index (χ4n) is 1.77. The molecule has 0 aromatic heterocycles. The first-order valence-corrected chi connectivity index (χ1v) is 8.35. The summed E-state index contributed by atoms with van der Waals surface area (Å²) in [5.74, 6) is 0.933. The van der Waals surface area contributed by atoms with Crippen molar-refractivity contribution in [3.63, 3.8) is 0 Å². The highest BCUT2D eigenvalue weighted by Crippen LogP contribution is 2.09. The average Bonchev–Trinajstić information content (AvgIpc) is 2.62. The predicted octanol–water partition coefficient (Wildman–Crippen LogP) is 4.86. The maximum atomic E-state index is 5.63. The quantitative estimate of drug-likeness (QED) is 0.314. The van der Waals surface area contributed by atoms with E-state index in [0.717, 1.165) is 50.4 Å². The Morgan fingerprint density at radius 1 is 1.04 bits per heavy atom. The molecular weight excluding hydrogens is 290 g/mol. The molecule has 1 aromatic rings. The number of hydrogen-bond acceptors (Lipinski definition) is 4. The molecule has 0 aliphatic carbocycles. The molecule has 0 atom stereocenters. The van der Waals surface area contributed by atoms with E-state index in [4.69, 9.17) is 14.3 Å². The second-order valence-electron chi connectivity index (χ2n) is 4.55. The third-order valence-corrected chi connectivity index (χ3v) is 2.89. The molecule has 0 saturated heterocycles. The lowest BCUT2D eigenvalue weighted by Gasteiger charge is -2.06. The van der Waals surface area contributed by atoms with Crippen LogP contribution < -0.4 is 4.74 Å². The van der Waals surface area contributed by atoms with Gasteiger partial charge in [-0.3, -0.25) is 0 Å². The van der Waals surface area contributed by atoms with Crippen molar-refractivity contribution in [1.29, 1.82) is 0 Å². The van der Waals surface area contributed by atoms with Crippen molar-refractivity contribution in [2.45, 2.75) is 39.5 Å². The first kappa shape index (κ1) is 21.2. The number of para-hydroxylation sites is 1. The summed E-state index contributed by atoms with van der Waals surface area (Å²) in [5.41, 5.74) is 0.814. The fraction of sp³-hybridized carbons (Fsp3) is 0.526. The minimum Gasteiger partial charge on any atom is -0.494 e. The number of oxime groups is 1. The molecule has 1 rings (SSSR count). The van der Waals surface area contributed by atoms with Crippen LogP contribution in [0.4, 0.5) is 0 Å². The van der Waals surface area contributed by atoms with Gasteiger partial charge < -0.3 is 14.3 Å². The molecule has 0 bridgehead atoms. The molecule has 0 fully saturated rings. The smallest absolute Gasteiger partial charge is 0.119 e. The van der Waals surface area contributed by atoms with Crippen molar-refractivity contribution in [3.8, 4) is 5.75 Å². The number of ether oxygens (including phenoxy) is 2. The van der Waals surface area contributed by atoms with Crippen molar-refractivity contribution in [3.05, 3.63) is 43.0 Å². The molecule has 4 nitrogen and oxygen atoms in total. The van der Waals surface area contributed by atoms with Crippen LogP contribution in [-0.4, -0.2) is 32.6 Å². The summed E-state index contributed by atoms with van der Waals surface area (Å²) in [4.78, 5) is 4.70. The Morgan fingerprint density at radius 3 is 2.39 bits per heavy atom. The second-order valence-corrected chi connectivity index (χ2v) is 4.55. The summed E-state index contributed by atoms with van der Waals surface area (Å²) in [5, 5.41) is 3.83. The number of unbranched alkanes of at least 4 members (excludes halogenated alkanes) is 2. The van der Waals surface area contributed by atoms with Crippen molar-refractivity contribution in [2.24, 2.45) is 5.16 Å². The highest BCUT2D eigenvalue weighted by atomic mass is 16.6. The number of hydrogen-bond donors (Lipinski definition) is 0. The Labute approximate surface area is 141 Å². The van der Waals surface area contributed by atoms with E-state index in [1.807, 2.05) is 44.2 Å². The van der Waals surface area contributed by atoms with Crippen molar-refractivity contribution >= 4 is 5.71 Å². The molecule has 4 heteroatoms. The normalized spacial score (nSPS) is 10.5. The van der Waals surface area contributed by atoms with E-state index in [9.17, 15) is 0 Å². The van der Waals surface area contributed by atoms with E-state index in [2.05, 4.69) is 11.7 Å². The third-order valence-electron chi connectivity index (χ3n) is 2.89. The molecule has 130 valence electrons. The van der Waals surface area contributed by atoms with Crippen LogP contribution in [0.3, 0.4) is 0 Å². The van der Waals surface area contributed by atoms with E-state index in [1.54, 1.807) is 6.08 Å². The standard InChI is InChI=1S/C17H25NO3.C2H6/c1-3-16(18-19-2)12-15-20-13-8-5-9-14-21-17-10-6-4-7-11-17;1-2/h3-4,6-7,10-11H,1,5,8-9,12-15H2,2H3;1-2H3/b18-16+;. The number of rotatable bonds is 12. The SMILES string of the molecule is C=C/C(CCOCCCCCOc1ccccc1)=N\OC.CC. The average molecular weight is 321 g/mol. The van der Waals surface area contributed by atoms with Gasteiger partial charge in [0.1, 0.15) is 12.9 Å². The Balaban J connectivity index is 0.00000232. The van der Waals surface area contributed by atoms with Gasteiger partial charge in [0.15, 0.2) is 0 Å². The van der Waals surface area contributed by atoms with E-state index >= 15 is 0 Å². The van der Waals surface area contributed by atoms with Crippen molar-refractivity contribution in [2.75, 3.05) is 26.9 Å². The largest absolute Gasteiger partial charge is 0.494 e. The van der Waals surface area contributed by atoms with E-state index < -0.39 is 0 Å². The maximum Gasteiger partial charge on any atom is 0.119 e. The van der Waals surface area contributed by atoms with Gasteiger partial charge in [-0.15, -0.1) is 0 Å². The molecule has 0 N–H and O–H groups in total. The third kappa shape index (κ3) is 12.4. The molecule has 0 aliphatic heterocycles. The molecule has 0 unspecified atom stereocenters. The Hall–Kier alpha value is -1.81. The van der Waals surface area contributed by atoms with E-state index in [-0.39, 0.29) is 0 Å². The highest BCUT2D eigenvalue weighted by molar-refractivity contribution is 5.94. The highest BCUT2D eigenvalue weighted by Gasteiger charge is 1.96. The van der Waals surface area contributed by atoms with Gasteiger partial charge >= 0.3 is 0 Å². The Morgan fingerprint density at radius 2 is 1.74 bits per heavy atom. The molecule has 23 heavy (non-hydrogen) atoms. The maximum absolute atomic E-state index is 5.63. The van der Waals surface area contributed by atoms with Crippen LogP contribution in [0.5, 0.6) is 5.75 Å². The molecule has 0 amide bonds. The van der Waals surface area contributed by atoms with Crippen molar-refractivity contribution < 1.29 is 14.3 Å². The lowest BCUT2D eigenvalue weighted by atomic mass is 10.2. The second kappa shape index (κ2) is 16.6. The summed E-state index contributed by atoms with van der Waals surface area (Å²) < 4.78 is 11.2. The van der Waals surface area contributed by atoms with Gasteiger partial charge in [-0.25, -0.2) is 0 Å². The van der Waals surface area contributed by atoms with Crippen LogP contribution in [0.25, 0.3) is 0 Å². The molecule has 0 spiro atoms. The zero-order valence-corrected chi connectivity index (χ0v) is 14.8. The van der Waals surface area contributed by atoms with Gasteiger partial charge in [0.2, 0.25) is 0 Å². The van der Waals surface area contributed by atoms with Gasteiger partial charge in [0, 0.05) is 13.0 Å². The van der Waals surface area contributed by atoms with E-state index in [1.165, 1.54) is 7.11 Å². The lowest BCUT2D eigenvalue weighted by molar-refractivity contribution is 0.134. The molecule has 0 saturated carbocycles. The monoisotopic (exact) mass is 321 g/mol. The molecule has 0 radical (unpaired) electrons. The van der Waals surface area contributed by atoms with Crippen LogP contribution in [-0.2, 0) is 9.57 Å². The zero-order valence-electron chi connectivity index (χ0n) is 14.8. The lowest BCUT2D eigenvalue weighted by Crippen LogP contribution is -2.04. The summed E-state index contributed by atoms with van der Waals surface area (Å²) in [6.07, 6.45) is 5.61. The summed E-state index contributed by atoms with van der Waals surface area (Å²) >= 11 is 0. The molecular formula is C19H31NO3. The minimum absolute atomic E-state index is 0.648.